The molecule has 11 rings (SSSR count). The minimum atomic E-state index is 0.472. The van der Waals surface area contributed by atoms with Gasteiger partial charge >= 0.3 is 0 Å². The summed E-state index contributed by atoms with van der Waals surface area (Å²) in [4.78, 5) is 18.9. The smallest absolute Gasteiger partial charge is 0.202 e. The molecule has 0 aliphatic carbocycles. The van der Waals surface area contributed by atoms with Crippen LogP contribution in [0.2, 0.25) is 0 Å². The zero-order chi connectivity index (χ0) is 44.4. The van der Waals surface area contributed by atoms with Crippen molar-refractivity contribution in [3.8, 4) is 95.9 Å². The number of fused-ring (bicyclic) bond motifs is 3. The lowest BCUT2D eigenvalue weighted by Gasteiger charge is -2.13. The molecule has 0 bridgehead atoms. The van der Waals surface area contributed by atoms with Gasteiger partial charge in [0.25, 0.3) is 0 Å². The molecule has 5 nitrogen and oxygen atoms in total. The summed E-state index contributed by atoms with van der Waals surface area (Å²) in [6.07, 6.45) is 0. The molecule has 0 radical (unpaired) electrons. The van der Waals surface area contributed by atoms with Gasteiger partial charge in [-0.15, -0.1) is 0 Å². The van der Waals surface area contributed by atoms with Gasteiger partial charge in [0.05, 0.1) is 18.2 Å². The molecule has 0 aliphatic heterocycles. The molecular formula is C61H37N5. The molecule has 5 heteroatoms. The SMILES string of the molecule is [C-]#[N+]c1c(-c2ccc(-c3ccc(-c4ccc5ccc6ccccc6c5c4)cc3)cc2)cccc1-c1ccc(-c2nc(-c3ccccc3)nc(-c3ccc(-c4ccccc4)c(C#N)c3)n2)cc1. The second-order valence-corrected chi connectivity index (χ2v) is 16.2. The molecular weight excluding hydrogens is 803 g/mol. The molecule has 10 aromatic carbocycles. The van der Waals surface area contributed by atoms with Crippen molar-refractivity contribution >= 4 is 27.2 Å². The van der Waals surface area contributed by atoms with Gasteiger partial charge in [-0.2, -0.15) is 5.26 Å². The standard InChI is InChI=1S/C61H37N5/c1-63-58-55(45-25-23-41(24-26-45)40-19-21-42(22-20-40)50-34-31-47-28-27-44-13-8-9-16-54(44)57(47)38-50)17-10-18-56(58)46-29-32-49(33-30-46)60-64-59(48-14-6-3-7-15-48)65-61(66-60)51-35-36-53(52(37-51)39-62)43-11-4-2-5-12-43/h2-38H. The van der Waals surface area contributed by atoms with E-state index in [9.17, 15) is 5.26 Å². The fraction of sp³-hybridized carbons (Fsp3) is 0. The number of rotatable bonds is 8. The molecule has 0 saturated heterocycles. The first-order valence-corrected chi connectivity index (χ1v) is 21.8. The van der Waals surface area contributed by atoms with Gasteiger partial charge in [-0.25, -0.2) is 19.8 Å². The summed E-state index contributed by atoms with van der Waals surface area (Å²) in [5.41, 5.74) is 13.5. The van der Waals surface area contributed by atoms with Crippen LogP contribution < -0.4 is 0 Å². The van der Waals surface area contributed by atoms with Gasteiger partial charge in [0.2, 0.25) is 5.69 Å². The van der Waals surface area contributed by atoms with Crippen LogP contribution in [-0.4, -0.2) is 15.0 Å². The lowest BCUT2D eigenvalue weighted by atomic mass is 9.93. The van der Waals surface area contributed by atoms with Crippen LogP contribution in [0.4, 0.5) is 5.69 Å². The Bertz CT molecular complexity index is 3680. The Morgan fingerprint density at radius 1 is 0.333 bits per heavy atom. The number of para-hydroxylation sites is 1. The van der Waals surface area contributed by atoms with E-state index in [-0.39, 0.29) is 0 Å². The minimum absolute atomic E-state index is 0.472. The maximum Gasteiger partial charge on any atom is 0.202 e. The van der Waals surface area contributed by atoms with Gasteiger partial charge in [-0.3, -0.25) is 0 Å². The van der Waals surface area contributed by atoms with E-state index in [1.165, 1.54) is 32.7 Å². The quantitative estimate of drug-likeness (QED) is 0.113. The van der Waals surface area contributed by atoms with Crippen molar-refractivity contribution in [3.05, 3.63) is 241 Å². The highest BCUT2D eigenvalue weighted by Gasteiger charge is 2.17. The maximum absolute atomic E-state index is 10.2. The third-order valence-electron chi connectivity index (χ3n) is 12.2. The number of hydrogen-bond acceptors (Lipinski definition) is 4. The molecule has 0 N–H and O–H groups in total. The Hall–Kier alpha value is -9.29. The van der Waals surface area contributed by atoms with Crippen molar-refractivity contribution in [1.29, 1.82) is 5.26 Å². The summed E-state index contributed by atoms with van der Waals surface area (Å²) < 4.78 is 0. The minimum Gasteiger partial charge on any atom is -0.237 e. The highest BCUT2D eigenvalue weighted by Crippen LogP contribution is 2.41. The first-order valence-electron chi connectivity index (χ1n) is 21.8. The molecule has 0 fully saturated rings. The van der Waals surface area contributed by atoms with Crippen LogP contribution in [0.5, 0.6) is 0 Å². The van der Waals surface area contributed by atoms with E-state index in [0.29, 0.717) is 28.7 Å². The van der Waals surface area contributed by atoms with Crippen LogP contribution in [-0.2, 0) is 0 Å². The lowest BCUT2D eigenvalue weighted by Crippen LogP contribution is -2.00. The van der Waals surface area contributed by atoms with Crippen LogP contribution in [0.15, 0.2) is 224 Å². The maximum atomic E-state index is 10.2. The van der Waals surface area contributed by atoms with E-state index in [0.717, 1.165) is 61.2 Å². The Morgan fingerprint density at radius 3 is 1.35 bits per heavy atom. The van der Waals surface area contributed by atoms with Crippen LogP contribution >= 0.6 is 0 Å². The average Bonchev–Trinajstić information content (AvgIpc) is 3.40. The van der Waals surface area contributed by atoms with E-state index in [4.69, 9.17) is 21.5 Å². The van der Waals surface area contributed by atoms with Crippen molar-refractivity contribution in [2.75, 3.05) is 0 Å². The Kier molecular flexibility index (Phi) is 10.3. The fourth-order valence-electron chi connectivity index (χ4n) is 8.80. The summed E-state index contributed by atoms with van der Waals surface area (Å²) in [6, 6.07) is 78.7. The molecule has 1 heterocycles. The van der Waals surface area contributed by atoms with E-state index < -0.39 is 0 Å². The van der Waals surface area contributed by atoms with Gasteiger partial charge in [-0.05, 0) is 89.3 Å². The molecule has 0 spiro atoms. The van der Waals surface area contributed by atoms with Crippen LogP contribution in [0, 0.1) is 17.9 Å². The first-order chi connectivity index (χ1) is 32.6. The van der Waals surface area contributed by atoms with Gasteiger partial charge in [0.1, 0.15) is 0 Å². The molecule has 66 heavy (non-hydrogen) atoms. The normalized spacial score (nSPS) is 11.0. The molecule has 0 atom stereocenters. The number of aromatic nitrogens is 3. The van der Waals surface area contributed by atoms with E-state index >= 15 is 0 Å². The van der Waals surface area contributed by atoms with E-state index in [2.05, 4.69) is 114 Å². The molecule has 0 saturated carbocycles. The van der Waals surface area contributed by atoms with Gasteiger partial charge in [-0.1, -0.05) is 212 Å². The van der Waals surface area contributed by atoms with E-state index in [1.54, 1.807) is 0 Å². The molecule has 1 aromatic heterocycles. The second-order valence-electron chi connectivity index (χ2n) is 16.2. The number of benzene rings is 10. The highest BCUT2D eigenvalue weighted by atomic mass is 15.0. The third kappa shape index (κ3) is 7.54. The summed E-state index contributed by atoms with van der Waals surface area (Å²) in [7, 11) is 0. The summed E-state index contributed by atoms with van der Waals surface area (Å²) in [5, 5.41) is 15.2. The highest BCUT2D eigenvalue weighted by molar-refractivity contribution is 6.08. The van der Waals surface area contributed by atoms with Gasteiger partial charge in [0, 0.05) is 16.7 Å². The molecule has 11 aromatic rings. The van der Waals surface area contributed by atoms with E-state index in [1.807, 2.05) is 121 Å². The summed E-state index contributed by atoms with van der Waals surface area (Å²) in [5.74, 6) is 1.51. The summed E-state index contributed by atoms with van der Waals surface area (Å²) >= 11 is 0. The lowest BCUT2D eigenvalue weighted by molar-refractivity contribution is 1.07. The zero-order valence-electron chi connectivity index (χ0n) is 35.6. The number of nitriles is 1. The Balaban J connectivity index is 0.871. The van der Waals surface area contributed by atoms with Crippen LogP contribution in [0.1, 0.15) is 5.56 Å². The zero-order valence-corrected chi connectivity index (χ0v) is 35.6. The molecule has 0 unspecified atom stereocenters. The molecule has 0 aliphatic rings. The third-order valence-corrected chi connectivity index (χ3v) is 12.2. The number of hydrogen-bond donors (Lipinski definition) is 0. The molecule has 0 amide bonds. The van der Waals surface area contributed by atoms with Gasteiger partial charge in [0.15, 0.2) is 17.5 Å². The first kappa shape index (κ1) is 39.5. The van der Waals surface area contributed by atoms with Crippen molar-refractivity contribution in [3.63, 3.8) is 0 Å². The van der Waals surface area contributed by atoms with Crippen molar-refractivity contribution < 1.29 is 0 Å². The topological polar surface area (TPSA) is 66.8 Å². The second kappa shape index (κ2) is 17.1. The van der Waals surface area contributed by atoms with Crippen molar-refractivity contribution in [2.45, 2.75) is 0 Å². The van der Waals surface area contributed by atoms with Crippen molar-refractivity contribution in [2.24, 2.45) is 0 Å². The fourth-order valence-corrected chi connectivity index (χ4v) is 8.80. The Labute approximate surface area is 383 Å². The van der Waals surface area contributed by atoms with Crippen LogP contribution in [0.25, 0.3) is 116 Å². The number of nitrogens with zero attached hydrogens (tertiary/aromatic N) is 5. The predicted octanol–water partition coefficient (Wildman–Crippen LogP) is 15.9. The van der Waals surface area contributed by atoms with Gasteiger partial charge < -0.3 is 0 Å². The predicted molar refractivity (Wildman–Crippen MR) is 269 cm³/mol. The monoisotopic (exact) mass is 839 g/mol. The van der Waals surface area contributed by atoms with Crippen molar-refractivity contribution in [1.82, 2.24) is 15.0 Å². The van der Waals surface area contributed by atoms with Crippen LogP contribution in [0.3, 0.4) is 0 Å². The largest absolute Gasteiger partial charge is 0.237 e. The average molecular weight is 840 g/mol. The Morgan fingerprint density at radius 2 is 0.758 bits per heavy atom. The molecule has 306 valence electrons. The summed E-state index contributed by atoms with van der Waals surface area (Å²) in [6.45, 7) is 8.33.